The number of pyridine rings is 1. The molecule has 10 heteroatoms. The maximum atomic E-state index is 10.8. The van der Waals surface area contributed by atoms with Crippen LogP contribution in [0.3, 0.4) is 0 Å². The lowest BCUT2D eigenvalue weighted by Gasteiger charge is -2.10. The van der Waals surface area contributed by atoms with E-state index in [1.807, 2.05) is 0 Å². The number of carbonyl (C=O) groups is 1. The highest BCUT2D eigenvalue weighted by Gasteiger charge is 2.17. The first-order valence-corrected chi connectivity index (χ1v) is 8.20. The summed E-state index contributed by atoms with van der Waals surface area (Å²) in [4.78, 5) is 19.0. The number of carbonyl (C=O) groups excluding carboxylic acids is 1. The van der Waals surface area contributed by atoms with Crippen molar-refractivity contribution in [3.8, 4) is 23.0 Å². The van der Waals surface area contributed by atoms with Gasteiger partial charge in [0.15, 0.2) is 0 Å². The molecule has 3 N–H and O–H groups in total. The number of aliphatic hydroxyl groups is 1. The molecule has 3 aromatic rings. The molecule has 0 saturated carbocycles. The van der Waals surface area contributed by atoms with Crippen LogP contribution < -0.4 is 10.5 Å². The molecule has 27 heavy (non-hydrogen) atoms. The minimum Gasteiger partial charge on any atom is -0.443 e. The Kier molecular flexibility index (Phi) is 5.84. The molecule has 2 heterocycles. The average Bonchev–Trinajstić information content (AvgIpc) is 3.12. The van der Waals surface area contributed by atoms with Crippen molar-refractivity contribution in [3.63, 3.8) is 0 Å². The van der Waals surface area contributed by atoms with Crippen molar-refractivity contribution in [2.24, 2.45) is 5.73 Å². The van der Waals surface area contributed by atoms with E-state index < -0.39 is 18.8 Å². The number of nitrogens with two attached hydrogens (primary N) is 1. The standard InChI is InChI=1S/C17H15ClN4O5/c18-11-3-6-14(20-8-11)25-12-4-1-10(2-5-12)16-21-15(27-22-16)7-13(9-23)26-17(19)24/h1-6,8,13,23H,7,9H2,(H2,19,24)/t13-/m0/s1. The second-order valence-corrected chi connectivity index (χ2v) is 5.83. The third kappa shape index (κ3) is 5.16. The Morgan fingerprint density at radius 2 is 2.04 bits per heavy atom. The summed E-state index contributed by atoms with van der Waals surface area (Å²) in [7, 11) is 0. The van der Waals surface area contributed by atoms with E-state index in [0.717, 1.165) is 0 Å². The van der Waals surface area contributed by atoms with Crippen LogP contribution in [0.4, 0.5) is 4.79 Å². The molecule has 1 atom stereocenters. The van der Waals surface area contributed by atoms with Crippen LogP contribution in [-0.2, 0) is 11.2 Å². The molecule has 3 rings (SSSR count). The fourth-order valence-corrected chi connectivity index (χ4v) is 2.28. The van der Waals surface area contributed by atoms with Crippen LogP contribution in [0.15, 0.2) is 47.1 Å². The molecule has 0 bridgehead atoms. The molecule has 140 valence electrons. The van der Waals surface area contributed by atoms with Gasteiger partial charge in [-0.1, -0.05) is 16.8 Å². The Morgan fingerprint density at radius 1 is 1.26 bits per heavy atom. The van der Waals surface area contributed by atoms with Crippen molar-refractivity contribution in [1.82, 2.24) is 15.1 Å². The molecule has 0 fully saturated rings. The van der Waals surface area contributed by atoms with Crippen LogP contribution in [0.2, 0.25) is 5.02 Å². The zero-order valence-electron chi connectivity index (χ0n) is 13.9. The van der Waals surface area contributed by atoms with E-state index in [9.17, 15) is 9.90 Å². The van der Waals surface area contributed by atoms with Gasteiger partial charge in [0.2, 0.25) is 17.6 Å². The van der Waals surface area contributed by atoms with E-state index in [4.69, 9.17) is 31.3 Å². The second-order valence-electron chi connectivity index (χ2n) is 5.40. The van der Waals surface area contributed by atoms with Crippen LogP contribution in [0.1, 0.15) is 5.89 Å². The topological polar surface area (TPSA) is 134 Å². The first kappa shape index (κ1) is 18.6. The molecular weight excluding hydrogens is 376 g/mol. The molecule has 0 radical (unpaired) electrons. The second kappa shape index (κ2) is 8.47. The predicted octanol–water partition coefficient (Wildman–Crippen LogP) is 2.58. The smallest absolute Gasteiger partial charge is 0.404 e. The van der Waals surface area contributed by atoms with Crippen molar-refractivity contribution in [2.75, 3.05) is 6.61 Å². The van der Waals surface area contributed by atoms with Gasteiger partial charge in [0.1, 0.15) is 11.9 Å². The van der Waals surface area contributed by atoms with Gasteiger partial charge >= 0.3 is 6.09 Å². The Bertz CT molecular complexity index is 898. The van der Waals surface area contributed by atoms with Gasteiger partial charge in [-0.25, -0.2) is 9.78 Å². The number of rotatable bonds is 7. The van der Waals surface area contributed by atoms with Crippen molar-refractivity contribution < 1.29 is 23.9 Å². The van der Waals surface area contributed by atoms with E-state index in [2.05, 4.69) is 15.1 Å². The lowest BCUT2D eigenvalue weighted by atomic mass is 10.2. The third-order valence-corrected chi connectivity index (χ3v) is 3.62. The molecule has 1 aromatic carbocycles. The summed E-state index contributed by atoms with van der Waals surface area (Å²) in [5, 5.41) is 13.6. The number of amides is 1. The highest BCUT2D eigenvalue weighted by atomic mass is 35.5. The molecule has 9 nitrogen and oxygen atoms in total. The molecule has 0 saturated heterocycles. The minimum absolute atomic E-state index is 0.0515. The third-order valence-electron chi connectivity index (χ3n) is 3.39. The van der Waals surface area contributed by atoms with Crippen LogP contribution in [0.5, 0.6) is 11.6 Å². The zero-order valence-corrected chi connectivity index (χ0v) is 14.7. The van der Waals surface area contributed by atoms with Crippen LogP contribution >= 0.6 is 11.6 Å². The fraction of sp³-hybridized carbons (Fsp3) is 0.176. The van der Waals surface area contributed by atoms with Gasteiger partial charge in [-0.2, -0.15) is 4.98 Å². The number of aliphatic hydroxyl groups excluding tert-OH is 1. The lowest BCUT2D eigenvalue weighted by Crippen LogP contribution is -2.27. The minimum atomic E-state index is -0.987. The SMILES string of the molecule is NC(=O)O[C@H](CO)Cc1nc(-c2ccc(Oc3ccc(Cl)cn3)cc2)no1. The van der Waals surface area contributed by atoms with Crippen molar-refractivity contribution in [1.29, 1.82) is 0 Å². The quantitative estimate of drug-likeness (QED) is 0.628. The summed E-state index contributed by atoms with van der Waals surface area (Å²) >= 11 is 5.79. The summed E-state index contributed by atoms with van der Waals surface area (Å²) in [5.74, 6) is 1.54. The number of ether oxygens (including phenoxy) is 2. The van der Waals surface area contributed by atoms with Gasteiger partial charge in [-0.05, 0) is 30.3 Å². The molecule has 0 unspecified atom stereocenters. The van der Waals surface area contributed by atoms with Gasteiger partial charge in [0, 0.05) is 17.8 Å². The Labute approximate surface area is 158 Å². The summed E-state index contributed by atoms with van der Waals surface area (Å²) in [5.41, 5.74) is 5.63. The summed E-state index contributed by atoms with van der Waals surface area (Å²) in [6.07, 6.45) is -0.290. The predicted molar refractivity (Wildman–Crippen MR) is 94.3 cm³/mol. The lowest BCUT2D eigenvalue weighted by molar-refractivity contribution is 0.0592. The molecule has 0 spiro atoms. The molecular formula is C17H15ClN4O5. The maximum Gasteiger partial charge on any atom is 0.404 e. The fourth-order valence-electron chi connectivity index (χ4n) is 2.17. The molecule has 2 aromatic heterocycles. The van der Waals surface area contributed by atoms with E-state index in [1.165, 1.54) is 6.20 Å². The largest absolute Gasteiger partial charge is 0.443 e. The van der Waals surface area contributed by atoms with Gasteiger partial charge in [-0.15, -0.1) is 0 Å². The van der Waals surface area contributed by atoms with E-state index >= 15 is 0 Å². The van der Waals surface area contributed by atoms with E-state index in [1.54, 1.807) is 36.4 Å². The van der Waals surface area contributed by atoms with Gasteiger partial charge in [0.25, 0.3) is 0 Å². The Morgan fingerprint density at radius 3 is 2.67 bits per heavy atom. The number of halogens is 1. The molecule has 0 aliphatic heterocycles. The molecule has 0 aliphatic carbocycles. The zero-order chi connectivity index (χ0) is 19.2. The summed E-state index contributed by atoms with van der Waals surface area (Å²) in [6, 6.07) is 10.3. The number of aromatic nitrogens is 3. The number of hydrogen-bond acceptors (Lipinski definition) is 8. The van der Waals surface area contributed by atoms with Gasteiger partial charge in [0.05, 0.1) is 18.1 Å². The highest BCUT2D eigenvalue weighted by molar-refractivity contribution is 6.30. The van der Waals surface area contributed by atoms with Gasteiger partial charge in [-0.3, -0.25) is 0 Å². The number of nitrogens with zero attached hydrogens (tertiary/aromatic N) is 3. The summed E-state index contributed by atoms with van der Waals surface area (Å²) < 4.78 is 15.5. The molecule has 0 aliphatic rings. The van der Waals surface area contributed by atoms with Crippen LogP contribution in [0, 0.1) is 0 Å². The van der Waals surface area contributed by atoms with Gasteiger partial charge < -0.3 is 24.8 Å². The first-order valence-electron chi connectivity index (χ1n) is 7.83. The first-order chi connectivity index (χ1) is 13.0. The Balaban J connectivity index is 1.66. The maximum absolute atomic E-state index is 10.8. The van der Waals surface area contributed by atoms with Crippen molar-refractivity contribution in [3.05, 3.63) is 53.5 Å². The Hall–Kier alpha value is -3.17. The van der Waals surface area contributed by atoms with E-state index in [0.29, 0.717) is 28.0 Å². The monoisotopic (exact) mass is 390 g/mol. The molecule has 1 amide bonds. The van der Waals surface area contributed by atoms with Crippen molar-refractivity contribution >= 4 is 17.7 Å². The number of hydrogen-bond donors (Lipinski definition) is 2. The summed E-state index contributed by atoms with van der Waals surface area (Å²) in [6.45, 7) is -0.411. The van der Waals surface area contributed by atoms with E-state index in [-0.39, 0.29) is 12.3 Å². The number of primary amides is 1. The van der Waals surface area contributed by atoms with Crippen molar-refractivity contribution in [2.45, 2.75) is 12.5 Å². The highest BCUT2D eigenvalue weighted by Crippen LogP contribution is 2.24. The number of benzene rings is 1. The van der Waals surface area contributed by atoms with Crippen LogP contribution in [0.25, 0.3) is 11.4 Å². The average molecular weight is 391 g/mol. The normalized spacial score (nSPS) is 11.8. The van der Waals surface area contributed by atoms with Crippen LogP contribution in [-0.4, -0.2) is 39.0 Å².